The number of hydrogen-bond acceptors (Lipinski definition) is 0. The molecule has 0 heterocycles. The van der Waals surface area contributed by atoms with E-state index in [1.807, 2.05) is 6.92 Å². The highest BCUT2D eigenvalue weighted by atomic mass is 19.2. The van der Waals surface area contributed by atoms with Crippen molar-refractivity contribution < 1.29 is 17.6 Å². The molecule has 0 N–H and O–H groups in total. The minimum Gasteiger partial charge on any atom is -0.203 e. The zero-order valence-corrected chi connectivity index (χ0v) is 22.8. The van der Waals surface area contributed by atoms with E-state index >= 15 is 8.78 Å². The first-order valence-electron chi connectivity index (χ1n) is 14.6. The molecule has 0 aliphatic heterocycles. The topological polar surface area (TPSA) is 0 Å². The lowest BCUT2D eigenvalue weighted by molar-refractivity contribution is 0.171. The van der Waals surface area contributed by atoms with Gasteiger partial charge in [0.15, 0.2) is 23.3 Å². The molecule has 0 atom stereocenters. The standard InChI is InChI=1S/C35H38F4/c1-3-5-28-18-19-29(33(37)32(28)36)26-14-16-27(17-15-26)31-21-20-30(34(38)35(31)39)25-12-10-24(11-13-25)23-8-6-22(4-2)7-9-23/h4,14-25H,2-3,5-13H2,1H3. The van der Waals surface area contributed by atoms with Gasteiger partial charge in [-0.3, -0.25) is 0 Å². The van der Waals surface area contributed by atoms with Crippen molar-refractivity contribution in [3.8, 4) is 22.3 Å². The van der Waals surface area contributed by atoms with Gasteiger partial charge in [0, 0.05) is 11.1 Å². The molecule has 2 saturated carbocycles. The Morgan fingerprint density at radius 1 is 0.641 bits per heavy atom. The molecule has 5 rings (SSSR count). The van der Waals surface area contributed by atoms with Crippen LogP contribution in [0.15, 0.2) is 61.2 Å². The van der Waals surface area contributed by atoms with Crippen molar-refractivity contribution in [2.45, 2.75) is 77.0 Å². The zero-order valence-electron chi connectivity index (χ0n) is 22.8. The maximum atomic E-state index is 15.3. The Kier molecular flexibility index (Phi) is 8.59. The summed E-state index contributed by atoms with van der Waals surface area (Å²) >= 11 is 0. The van der Waals surface area contributed by atoms with Crippen molar-refractivity contribution >= 4 is 0 Å². The van der Waals surface area contributed by atoms with Crippen molar-refractivity contribution in [1.29, 1.82) is 0 Å². The van der Waals surface area contributed by atoms with E-state index in [2.05, 4.69) is 12.7 Å². The lowest BCUT2D eigenvalue weighted by atomic mass is 9.68. The van der Waals surface area contributed by atoms with Crippen molar-refractivity contribution in [1.82, 2.24) is 0 Å². The van der Waals surface area contributed by atoms with Gasteiger partial charge in [0.2, 0.25) is 0 Å². The zero-order chi connectivity index (χ0) is 27.5. The van der Waals surface area contributed by atoms with Gasteiger partial charge in [-0.15, -0.1) is 6.58 Å². The lowest BCUT2D eigenvalue weighted by Gasteiger charge is -2.37. The molecule has 0 saturated heterocycles. The Bertz CT molecular complexity index is 1290. The summed E-state index contributed by atoms with van der Waals surface area (Å²) < 4.78 is 59.8. The first kappa shape index (κ1) is 27.7. The van der Waals surface area contributed by atoms with E-state index in [4.69, 9.17) is 0 Å². The molecule has 4 heteroatoms. The molecule has 3 aromatic rings. The van der Waals surface area contributed by atoms with Crippen LogP contribution in [-0.4, -0.2) is 0 Å². The maximum Gasteiger partial charge on any atom is 0.166 e. The van der Waals surface area contributed by atoms with Crippen molar-refractivity contribution in [3.05, 3.63) is 95.6 Å². The van der Waals surface area contributed by atoms with E-state index in [1.54, 1.807) is 48.5 Å². The van der Waals surface area contributed by atoms with E-state index in [9.17, 15) is 8.78 Å². The summed E-state index contributed by atoms with van der Waals surface area (Å²) in [4.78, 5) is 0. The van der Waals surface area contributed by atoms with Gasteiger partial charge >= 0.3 is 0 Å². The second-order valence-electron chi connectivity index (χ2n) is 11.6. The number of rotatable bonds is 7. The van der Waals surface area contributed by atoms with Gasteiger partial charge in [-0.2, -0.15) is 0 Å². The van der Waals surface area contributed by atoms with Gasteiger partial charge in [0.25, 0.3) is 0 Å². The third kappa shape index (κ3) is 5.71. The van der Waals surface area contributed by atoms with E-state index in [0.717, 1.165) is 38.0 Å². The molecule has 0 radical (unpaired) electrons. The molecule has 39 heavy (non-hydrogen) atoms. The van der Waals surface area contributed by atoms with E-state index in [0.29, 0.717) is 40.5 Å². The minimum atomic E-state index is -0.880. The molecular formula is C35H38F4. The minimum absolute atomic E-state index is 0.0465. The fraction of sp³-hybridized carbons (Fsp3) is 0.429. The Morgan fingerprint density at radius 2 is 1.15 bits per heavy atom. The van der Waals surface area contributed by atoms with Crippen LogP contribution in [0.2, 0.25) is 0 Å². The molecule has 0 spiro atoms. The van der Waals surface area contributed by atoms with Crippen LogP contribution in [0.3, 0.4) is 0 Å². The van der Waals surface area contributed by atoms with E-state index in [-0.39, 0.29) is 17.0 Å². The predicted molar refractivity (Wildman–Crippen MR) is 151 cm³/mol. The summed E-state index contributed by atoms with van der Waals surface area (Å²) in [5.74, 6) is -1.15. The molecule has 2 aliphatic carbocycles. The average molecular weight is 535 g/mol. The molecule has 0 nitrogen and oxygen atoms in total. The number of benzene rings is 3. The second-order valence-corrected chi connectivity index (χ2v) is 11.6. The van der Waals surface area contributed by atoms with Gasteiger partial charge in [0.05, 0.1) is 0 Å². The van der Waals surface area contributed by atoms with Crippen LogP contribution in [0.5, 0.6) is 0 Å². The van der Waals surface area contributed by atoms with Crippen molar-refractivity contribution in [3.63, 3.8) is 0 Å². The number of hydrogen-bond donors (Lipinski definition) is 0. The average Bonchev–Trinajstić information content (AvgIpc) is 2.97. The van der Waals surface area contributed by atoms with E-state index in [1.165, 1.54) is 25.7 Å². The van der Waals surface area contributed by atoms with Gasteiger partial charge in [-0.25, -0.2) is 17.6 Å². The van der Waals surface area contributed by atoms with Gasteiger partial charge in [0.1, 0.15) is 0 Å². The van der Waals surface area contributed by atoms with Crippen LogP contribution in [0.25, 0.3) is 22.3 Å². The maximum absolute atomic E-state index is 15.3. The van der Waals surface area contributed by atoms with Crippen LogP contribution in [0.4, 0.5) is 17.6 Å². The first-order valence-corrected chi connectivity index (χ1v) is 14.6. The van der Waals surface area contributed by atoms with Crippen LogP contribution in [0.1, 0.15) is 81.8 Å². The predicted octanol–water partition coefficient (Wildman–Crippen LogP) is 10.8. The molecule has 0 aromatic heterocycles. The third-order valence-electron chi connectivity index (χ3n) is 9.33. The summed E-state index contributed by atoms with van der Waals surface area (Å²) in [5, 5.41) is 0. The number of aryl methyl sites for hydroxylation is 1. The van der Waals surface area contributed by atoms with Gasteiger partial charge < -0.3 is 0 Å². The fourth-order valence-electron chi connectivity index (χ4n) is 6.96. The van der Waals surface area contributed by atoms with Crippen LogP contribution in [-0.2, 0) is 6.42 Å². The summed E-state index contributed by atoms with van der Waals surface area (Å²) in [5.41, 5.74) is 2.17. The van der Waals surface area contributed by atoms with Crippen LogP contribution < -0.4 is 0 Å². The first-order chi connectivity index (χ1) is 18.9. The lowest BCUT2D eigenvalue weighted by Crippen LogP contribution is -2.25. The monoisotopic (exact) mass is 534 g/mol. The summed E-state index contributed by atoms with van der Waals surface area (Å²) in [6.45, 7) is 5.86. The third-order valence-corrected chi connectivity index (χ3v) is 9.33. The number of halogens is 4. The largest absolute Gasteiger partial charge is 0.203 e. The normalized spacial score (nSPS) is 23.5. The Balaban J connectivity index is 1.28. The SMILES string of the molecule is C=CC1CCC(C2CCC(c3ccc(-c4ccc(-c5ccc(CCC)c(F)c5F)cc4)c(F)c3F)CC2)CC1. The second kappa shape index (κ2) is 12.1. The van der Waals surface area contributed by atoms with Crippen LogP contribution >= 0.6 is 0 Å². The number of allylic oxidation sites excluding steroid dienone is 1. The fourth-order valence-corrected chi connectivity index (χ4v) is 6.96. The molecular weight excluding hydrogens is 496 g/mol. The van der Waals surface area contributed by atoms with Crippen LogP contribution in [0, 0.1) is 41.0 Å². The molecule has 2 fully saturated rings. The summed E-state index contributed by atoms with van der Waals surface area (Å²) in [6, 6.07) is 13.1. The Hall–Kier alpha value is -2.88. The Labute approximate surface area is 230 Å². The summed E-state index contributed by atoms with van der Waals surface area (Å²) in [7, 11) is 0. The highest BCUT2D eigenvalue weighted by Crippen LogP contribution is 2.45. The molecule has 0 amide bonds. The summed E-state index contributed by atoms with van der Waals surface area (Å²) in [6.07, 6.45) is 12.2. The van der Waals surface area contributed by atoms with Gasteiger partial charge in [-0.1, -0.05) is 68.0 Å². The smallest absolute Gasteiger partial charge is 0.166 e. The van der Waals surface area contributed by atoms with Crippen molar-refractivity contribution in [2.75, 3.05) is 0 Å². The Morgan fingerprint density at radius 3 is 1.69 bits per heavy atom. The highest BCUT2D eigenvalue weighted by molar-refractivity contribution is 5.71. The molecule has 3 aromatic carbocycles. The molecule has 0 bridgehead atoms. The highest BCUT2D eigenvalue weighted by Gasteiger charge is 2.32. The molecule has 2 aliphatic rings. The van der Waals surface area contributed by atoms with Gasteiger partial charge in [-0.05, 0) is 104 Å². The van der Waals surface area contributed by atoms with Crippen molar-refractivity contribution in [2.24, 2.45) is 17.8 Å². The molecule has 206 valence electrons. The molecule has 0 unspecified atom stereocenters. The quantitative estimate of drug-likeness (QED) is 0.209. The van der Waals surface area contributed by atoms with E-state index < -0.39 is 23.3 Å².